The Balaban J connectivity index is 2.07. The molecular formula is C13H13BrN2O. The Morgan fingerprint density at radius 3 is 2.82 bits per heavy atom. The molecule has 0 aliphatic rings. The average molecular weight is 293 g/mol. The van der Waals surface area contributed by atoms with Crippen LogP contribution >= 0.6 is 15.9 Å². The molecule has 0 atom stereocenters. The summed E-state index contributed by atoms with van der Waals surface area (Å²) in [4.78, 5) is 4.15. The highest BCUT2D eigenvalue weighted by Gasteiger charge is 2.02. The molecule has 0 radical (unpaired) electrons. The van der Waals surface area contributed by atoms with Crippen molar-refractivity contribution in [3.8, 4) is 5.75 Å². The molecule has 1 aromatic heterocycles. The first-order chi connectivity index (χ1) is 8.15. The van der Waals surface area contributed by atoms with Crippen LogP contribution in [-0.4, -0.2) is 4.98 Å². The van der Waals surface area contributed by atoms with E-state index >= 15 is 0 Å². The summed E-state index contributed by atoms with van der Waals surface area (Å²) in [6.45, 7) is 2.38. The third-order valence-electron chi connectivity index (χ3n) is 2.31. The van der Waals surface area contributed by atoms with Crippen LogP contribution in [0.3, 0.4) is 0 Å². The molecule has 4 heteroatoms. The van der Waals surface area contributed by atoms with Gasteiger partial charge < -0.3 is 10.5 Å². The van der Waals surface area contributed by atoms with Gasteiger partial charge in [0.25, 0.3) is 0 Å². The molecule has 1 heterocycles. The van der Waals surface area contributed by atoms with Crippen LogP contribution in [0.2, 0.25) is 0 Å². The molecule has 17 heavy (non-hydrogen) atoms. The second-order valence-electron chi connectivity index (χ2n) is 3.75. The highest BCUT2D eigenvalue weighted by atomic mass is 79.9. The molecule has 0 aliphatic heterocycles. The minimum absolute atomic E-state index is 0.431. The summed E-state index contributed by atoms with van der Waals surface area (Å²) < 4.78 is 6.66. The number of nitrogens with two attached hydrogens (primary N) is 1. The second kappa shape index (κ2) is 5.19. The van der Waals surface area contributed by atoms with Crippen molar-refractivity contribution in [2.24, 2.45) is 0 Å². The first-order valence-electron chi connectivity index (χ1n) is 5.25. The quantitative estimate of drug-likeness (QED) is 0.944. The van der Waals surface area contributed by atoms with E-state index in [0.29, 0.717) is 18.2 Å². The van der Waals surface area contributed by atoms with Crippen LogP contribution in [0.15, 0.2) is 40.9 Å². The maximum absolute atomic E-state index is 5.77. The molecule has 0 bridgehead atoms. The molecule has 0 amide bonds. The SMILES string of the molecule is Cc1ccc(OCc2cccc(Br)c2)c(N)n1. The molecule has 1 aromatic carbocycles. The topological polar surface area (TPSA) is 48.1 Å². The van der Waals surface area contributed by atoms with E-state index < -0.39 is 0 Å². The molecule has 2 rings (SSSR count). The minimum Gasteiger partial charge on any atom is -0.485 e. The van der Waals surface area contributed by atoms with E-state index in [4.69, 9.17) is 10.5 Å². The van der Waals surface area contributed by atoms with Gasteiger partial charge in [-0.15, -0.1) is 0 Å². The lowest BCUT2D eigenvalue weighted by atomic mass is 10.2. The van der Waals surface area contributed by atoms with Crippen molar-refractivity contribution < 1.29 is 4.74 Å². The van der Waals surface area contributed by atoms with E-state index in [1.54, 1.807) is 0 Å². The van der Waals surface area contributed by atoms with Gasteiger partial charge >= 0.3 is 0 Å². The summed E-state index contributed by atoms with van der Waals surface area (Å²) in [5.41, 5.74) is 7.74. The van der Waals surface area contributed by atoms with Gasteiger partial charge in [-0.25, -0.2) is 4.98 Å². The number of nitrogens with zero attached hydrogens (tertiary/aromatic N) is 1. The summed E-state index contributed by atoms with van der Waals surface area (Å²) >= 11 is 3.42. The molecule has 0 aliphatic carbocycles. The first-order valence-corrected chi connectivity index (χ1v) is 6.05. The molecule has 3 nitrogen and oxygen atoms in total. The van der Waals surface area contributed by atoms with Gasteiger partial charge in [0.2, 0.25) is 0 Å². The lowest BCUT2D eigenvalue weighted by molar-refractivity contribution is 0.307. The Bertz CT molecular complexity index is 529. The fraction of sp³-hybridized carbons (Fsp3) is 0.154. The third-order valence-corrected chi connectivity index (χ3v) is 2.80. The van der Waals surface area contributed by atoms with Crippen LogP contribution in [0.4, 0.5) is 5.82 Å². The van der Waals surface area contributed by atoms with Crippen LogP contribution in [0.1, 0.15) is 11.3 Å². The Labute approximate surface area is 109 Å². The fourth-order valence-electron chi connectivity index (χ4n) is 1.47. The van der Waals surface area contributed by atoms with Gasteiger partial charge in [-0.1, -0.05) is 28.1 Å². The molecule has 0 spiro atoms. The monoisotopic (exact) mass is 292 g/mol. The number of rotatable bonds is 3. The first kappa shape index (κ1) is 11.9. The van der Waals surface area contributed by atoms with Crippen LogP contribution in [0, 0.1) is 6.92 Å². The van der Waals surface area contributed by atoms with Crippen LogP contribution < -0.4 is 10.5 Å². The zero-order valence-electron chi connectivity index (χ0n) is 9.48. The second-order valence-corrected chi connectivity index (χ2v) is 4.67. The van der Waals surface area contributed by atoms with Gasteiger partial charge in [0.05, 0.1) is 0 Å². The lowest BCUT2D eigenvalue weighted by Crippen LogP contribution is -2.01. The molecule has 0 fully saturated rings. The van der Waals surface area contributed by atoms with Crippen molar-refractivity contribution >= 4 is 21.7 Å². The van der Waals surface area contributed by atoms with Gasteiger partial charge in [0.15, 0.2) is 11.6 Å². The summed E-state index contributed by atoms with van der Waals surface area (Å²) in [7, 11) is 0. The number of benzene rings is 1. The van der Waals surface area contributed by atoms with Crippen LogP contribution in [0.25, 0.3) is 0 Å². The molecule has 0 unspecified atom stereocenters. The number of anilines is 1. The highest BCUT2D eigenvalue weighted by molar-refractivity contribution is 9.10. The molecular weight excluding hydrogens is 280 g/mol. The Kier molecular flexibility index (Phi) is 3.64. The van der Waals surface area contributed by atoms with Crippen molar-refractivity contribution in [2.45, 2.75) is 13.5 Å². The molecule has 0 saturated heterocycles. The number of hydrogen-bond donors (Lipinski definition) is 1. The van der Waals surface area contributed by atoms with Crippen molar-refractivity contribution in [1.82, 2.24) is 4.98 Å². The number of pyridine rings is 1. The summed E-state index contributed by atoms with van der Waals surface area (Å²) in [6.07, 6.45) is 0. The van der Waals surface area contributed by atoms with Gasteiger partial charge in [-0.3, -0.25) is 0 Å². The normalized spacial score (nSPS) is 10.2. The van der Waals surface area contributed by atoms with Crippen molar-refractivity contribution in [3.63, 3.8) is 0 Å². The van der Waals surface area contributed by atoms with E-state index in [1.165, 1.54) is 0 Å². The molecule has 2 aromatic rings. The number of hydrogen-bond acceptors (Lipinski definition) is 3. The summed E-state index contributed by atoms with van der Waals surface area (Å²) in [5, 5.41) is 0. The lowest BCUT2D eigenvalue weighted by Gasteiger charge is -2.08. The number of nitrogen functional groups attached to an aromatic ring is 1. The van der Waals surface area contributed by atoms with Crippen molar-refractivity contribution in [1.29, 1.82) is 0 Å². The molecule has 88 valence electrons. The third kappa shape index (κ3) is 3.20. The van der Waals surface area contributed by atoms with Crippen molar-refractivity contribution in [2.75, 3.05) is 5.73 Å². The number of aromatic nitrogens is 1. The van der Waals surface area contributed by atoms with Gasteiger partial charge in [-0.05, 0) is 36.8 Å². The van der Waals surface area contributed by atoms with Gasteiger partial charge in [0.1, 0.15) is 6.61 Å². The van der Waals surface area contributed by atoms with E-state index in [2.05, 4.69) is 20.9 Å². The zero-order valence-corrected chi connectivity index (χ0v) is 11.1. The number of ether oxygens (including phenoxy) is 1. The highest BCUT2D eigenvalue weighted by Crippen LogP contribution is 2.20. The average Bonchev–Trinajstić information content (AvgIpc) is 2.28. The maximum Gasteiger partial charge on any atom is 0.166 e. The Hall–Kier alpha value is -1.55. The summed E-state index contributed by atoms with van der Waals surface area (Å²) in [5.74, 6) is 1.05. The van der Waals surface area contributed by atoms with Gasteiger partial charge in [0, 0.05) is 10.2 Å². The molecule has 2 N–H and O–H groups in total. The van der Waals surface area contributed by atoms with E-state index in [0.717, 1.165) is 15.7 Å². The predicted octanol–water partition coefficient (Wildman–Crippen LogP) is 3.31. The molecule has 0 saturated carbocycles. The Morgan fingerprint density at radius 2 is 2.12 bits per heavy atom. The predicted molar refractivity (Wildman–Crippen MR) is 71.9 cm³/mol. The Morgan fingerprint density at radius 1 is 1.29 bits per heavy atom. The fourth-order valence-corrected chi connectivity index (χ4v) is 1.92. The minimum atomic E-state index is 0.431. The zero-order chi connectivity index (χ0) is 12.3. The smallest absolute Gasteiger partial charge is 0.166 e. The summed E-state index contributed by atoms with van der Waals surface area (Å²) in [6, 6.07) is 11.7. The van der Waals surface area contributed by atoms with E-state index in [1.807, 2.05) is 43.3 Å². The largest absolute Gasteiger partial charge is 0.485 e. The number of aryl methyl sites for hydroxylation is 1. The standard InChI is InChI=1S/C13H13BrN2O/c1-9-5-6-12(13(15)16-9)17-8-10-3-2-4-11(14)7-10/h2-7H,8H2,1H3,(H2,15,16). The van der Waals surface area contributed by atoms with Crippen molar-refractivity contribution in [3.05, 3.63) is 52.1 Å². The van der Waals surface area contributed by atoms with E-state index in [-0.39, 0.29) is 0 Å². The van der Waals surface area contributed by atoms with E-state index in [9.17, 15) is 0 Å². The van der Waals surface area contributed by atoms with Crippen LogP contribution in [-0.2, 0) is 6.61 Å². The number of halogens is 1. The van der Waals surface area contributed by atoms with Gasteiger partial charge in [-0.2, -0.15) is 0 Å². The van der Waals surface area contributed by atoms with Crippen LogP contribution in [0.5, 0.6) is 5.75 Å². The maximum atomic E-state index is 5.77.